The largest absolute Gasteiger partial charge is 0.508 e. The Morgan fingerprint density at radius 3 is 3.00 bits per heavy atom. The molecule has 1 aromatic carbocycles. The van der Waals surface area contributed by atoms with Crippen molar-refractivity contribution in [1.82, 2.24) is 10.6 Å². The highest BCUT2D eigenvalue weighted by Crippen LogP contribution is 2.32. The van der Waals surface area contributed by atoms with E-state index in [1.165, 1.54) is 11.1 Å². The van der Waals surface area contributed by atoms with Crippen molar-refractivity contribution in [3.63, 3.8) is 0 Å². The summed E-state index contributed by atoms with van der Waals surface area (Å²) in [6, 6.07) is 5.86. The summed E-state index contributed by atoms with van der Waals surface area (Å²) >= 11 is 0. The number of hydrogen-bond acceptors (Lipinski definition) is 3. The summed E-state index contributed by atoms with van der Waals surface area (Å²) in [6.07, 6.45) is 2.53. The maximum Gasteiger partial charge on any atom is 0.221 e. The van der Waals surface area contributed by atoms with Gasteiger partial charge >= 0.3 is 0 Å². The summed E-state index contributed by atoms with van der Waals surface area (Å²) in [4.78, 5) is 11.6. The number of carbonyl (C=O) groups excluding carboxylic acids is 1. The molecule has 0 fully saturated rings. The highest BCUT2D eigenvalue weighted by molar-refractivity contribution is 5.76. The molecule has 0 aromatic heterocycles. The van der Waals surface area contributed by atoms with E-state index in [1.54, 1.807) is 6.07 Å². The smallest absolute Gasteiger partial charge is 0.221 e. The Balaban J connectivity index is 1.75. The van der Waals surface area contributed by atoms with Crippen LogP contribution in [0.25, 0.3) is 0 Å². The van der Waals surface area contributed by atoms with E-state index in [4.69, 9.17) is 0 Å². The molecule has 0 radical (unpaired) electrons. The standard InChI is InChI=1S/C16H24N2O2/c1-11(2)10-18-16(20)7-8-17-15-6-3-12-9-13(19)4-5-14(12)15/h4-5,9,11,15,17,19H,3,6-8,10H2,1-2H3,(H,18,20). The Morgan fingerprint density at radius 2 is 2.25 bits per heavy atom. The van der Waals surface area contributed by atoms with E-state index in [0.29, 0.717) is 30.7 Å². The van der Waals surface area contributed by atoms with Crippen LogP contribution in [0.2, 0.25) is 0 Å². The summed E-state index contributed by atoms with van der Waals surface area (Å²) in [7, 11) is 0. The lowest BCUT2D eigenvalue weighted by atomic mass is 10.1. The minimum atomic E-state index is 0.107. The average Bonchev–Trinajstić information content (AvgIpc) is 2.79. The van der Waals surface area contributed by atoms with Crippen molar-refractivity contribution in [3.8, 4) is 5.75 Å². The third-order valence-corrected chi connectivity index (χ3v) is 3.65. The molecule has 1 unspecified atom stereocenters. The molecule has 1 amide bonds. The number of nitrogens with one attached hydrogen (secondary N) is 2. The Morgan fingerprint density at radius 1 is 1.45 bits per heavy atom. The summed E-state index contributed by atoms with van der Waals surface area (Å²) < 4.78 is 0. The number of aryl methyl sites for hydroxylation is 1. The van der Waals surface area contributed by atoms with E-state index >= 15 is 0 Å². The quantitative estimate of drug-likeness (QED) is 0.746. The van der Waals surface area contributed by atoms with Gasteiger partial charge in [-0.25, -0.2) is 0 Å². The zero-order valence-electron chi connectivity index (χ0n) is 12.3. The topological polar surface area (TPSA) is 61.4 Å². The van der Waals surface area contributed by atoms with Gasteiger partial charge in [0.25, 0.3) is 0 Å². The van der Waals surface area contributed by atoms with Gasteiger partial charge in [0.15, 0.2) is 0 Å². The van der Waals surface area contributed by atoms with E-state index < -0.39 is 0 Å². The van der Waals surface area contributed by atoms with Crippen LogP contribution in [0, 0.1) is 5.92 Å². The Labute approximate surface area is 120 Å². The average molecular weight is 276 g/mol. The molecule has 4 heteroatoms. The number of fused-ring (bicyclic) bond motifs is 1. The Kier molecular flexibility index (Phi) is 5.01. The number of hydrogen-bond donors (Lipinski definition) is 3. The van der Waals surface area contributed by atoms with Crippen molar-refractivity contribution >= 4 is 5.91 Å². The van der Waals surface area contributed by atoms with Gasteiger partial charge in [0, 0.05) is 25.6 Å². The lowest BCUT2D eigenvalue weighted by Crippen LogP contribution is -2.31. The van der Waals surface area contributed by atoms with Gasteiger partial charge in [-0.1, -0.05) is 19.9 Å². The van der Waals surface area contributed by atoms with Gasteiger partial charge in [0.1, 0.15) is 5.75 Å². The van der Waals surface area contributed by atoms with Crippen molar-refractivity contribution in [1.29, 1.82) is 0 Å². The molecule has 4 nitrogen and oxygen atoms in total. The predicted molar refractivity (Wildman–Crippen MR) is 79.6 cm³/mol. The molecule has 0 spiro atoms. The van der Waals surface area contributed by atoms with E-state index in [0.717, 1.165) is 19.4 Å². The first-order valence-electron chi connectivity index (χ1n) is 7.38. The predicted octanol–water partition coefficient (Wildman–Crippen LogP) is 2.13. The Bertz CT molecular complexity index is 472. The molecule has 110 valence electrons. The second-order valence-electron chi connectivity index (χ2n) is 5.88. The lowest BCUT2D eigenvalue weighted by molar-refractivity contribution is -0.121. The second kappa shape index (κ2) is 6.75. The van der Waals surface area contributed by atoms with Crippen molar-refractivity contribution in [2.45, 2.75) is 39.2 Å². The fourth-order valence-electron chi connectivity index (χ4n) is 2.58. The number of amides is 1. The van der Waals surface area contributed by atoms with Gasteiger partial charge in [-0.3, -0.25) is 4.79 Å². The van der Waals surface area contributed by atoms with E-state index in [2.05, 4.69) is 24.5 Å². The number of phenolic OH excluding ortho intramolecular Hbond substituents is 1. The number of carbonyl (C=O) groups is 1. The highest BCUT2D eigenvalue weighted by Gasteiger charge is 2.22. The SMILES string of the molecule is CC(C)CNC(=O)CCNC1CCc2cc(O)ccc21. The third kappa shape index (κ3) is 3.97. The van der Waals surface area contributed by atoms with Crippen LogP contribution in [0.1, 0.15) is 43.9 Å². The molecule has 0 saturated heterocycles. The van der Waals surface area contributed by atoms with Gasteiger partial charge < -0.3 is 15.7 Å². The van der Waals surface area contributed by atoms with Gasteiger partial charge in [-0.2, -0.15) is 0 Å². The summed E-state index contributed by atoms with van der Waals surface area (Å²) in [5, 5.41) is 15.8. The molecular weight excluding hydrogens is 252 g/mol. The minimum absolute atomic E-state index is 0.107. The van der Waals surface area contributed by atoms with E-state index in [-0.39, 0.29) is 5.91 Å². The molecular formula is C16H24N2O2. The van der Waals surface area contributed by atoms with E-state index in [1.807, 2.05) is 12.1 Å². The van der Waals surface area contributed by atoms with Crippen LogP contribution in [0.5, 0.6) is 5.75 Å². The summed E-state index contributed by atoms with van der Waals surface area (Å²) in [5.74, 6) is 0.925. The monoisotopic (exact) mass is 276 g/mol. The highest BCUT2D eigenvalue weighted by atomic mass is 16.3. The van der Waals surface area contributed by atoms with E-state index in [9.17, 15) is 9.90 Å². The molecule has 0 saturated carbocycles. The molecule has 2 rings (SSSR count). The first-order chi connectivity index (χ1) is 9.56. The normalized spacial score (nSPS) is 17.2. The maximum atomic E-state index is 11.6. The molecule has 1 atom stereocenters. The van der Waals surface area contributed by atoms with Crippen LogP contribution in [-0.2, 0) is 11.2 Å². The summed E-state index contributed by atoms with van der Waals surface area (Å²) in [6.45, 7) is 5.60. The van der Waals surface area contributed by atoms with Crippen LogP contribution < -0.4 is 10.6 Å². The first-order valence-corrected chi connectivity index (χ1v) is 7.38. The van der Waals surface area contributed by atoms with Gasteiger partial charge in [0.05, 0.1) is 0 Å². The van der Waals surface area contributed by atoms with Crippen LogP contribution in [-0.4, -0.2) is 24.1 Å². The number of benzene rings is 1. The lowest BCUT2D eigenvalue weighted by Gasteiger charge is -2.14. The van der Waals surface area contributed by atoms with Crippen LogP contribution in [0.3, 0.4) is 0 Å². The fraction of sp³-hybridized carbons (Fsp3) is 0.562. The van der Waals surface area contributed by atoms with Crippen LogP contribution in [0.4, 0.5) is 0 Å². The molecule has 0 bridgehead atoms. The molecule has 3 N–H and O–H groups in total. The third-order valence-electron chi connectivity index (χ3n) is 3.65. The molecule has 20 heavy (non-hydrogen) atoms. The first kappa shape index (κ1) is 14.9. The molecule has 1 aliphatic carbocycles. The zero-order valence-corrected chi connectivity index (χ0v) is 12.3. The molecule has 1 aliphatic rings. The van der Waals surface area contributed by atoms with Crippen LogP contribution >= 0.6 is 0 Å². The van der Waals surface area contributed by atoms with Gasteiger partial charge in [0.2, 0.25) is 5.91 Å². The fourth-order valence-corrected chi connectivity index (χ4v) is 2.58. The molecule has 0 heterocycles. The van der Waals surface area contributed by atoms with Gasteiger partial charge in [-0.15, -0.1) is 0 Å². The Hall–Kier alpha value is -1.55. The van der Waals surface area contributed by atoms with Crippen LogP contribution in [0.15, 0.2) is 18.2 Å². The van der Waals surface area contributed by atoms with Crippen molar-refractivity contribution in [2.24, 2.45) is 5.92 Å². The number of rotatable bonds is 6. The van der Waals surface area contributed by atoms with Crippen molar-refractivity contribution < 1.29 is 9.90 Å². The second-order valence-corrected chi connectivity index (χ2v) is 5.88. The molecule has 1 aromatic rings. The summed E-state index contributed by atoms with van der Waals surface area (Å²) in [5.41, 5.74) is 2.47. The van der Waals surface area contributed by atoms with Gasteiger partial charge in [-0.05, 0) is 42.0 Å². The molecule has 0 aliphatic heterocycles. The zero-order chi connectivity index (χ0) is 14.5. The maximum absolute atomic E-state index is 11.6. The number of aromatic hydroxyl groups is 1. The van der Waals surface area contributed by atoms with Crippen molar-refractivity contribution in [3.05, 3.63) is 29.3 Å². The van der Waals surface area contributed by atoms with Crippen molar-refractivity contribution in [2.75, 3.05) is 13.1 Å². The number of phenols is 1. The minimum Gasteiger partial charge on any atom is -0.508 e.